The van der Waals surface area contributed by atoms with Gasteiger partial charge in [-0.05, 0) is 18.6 Å². The summed E-state index contributed by atoms with van der Waals surface area (Å²) in [5, 5.41) is 20.7. The summed E-state index contributed by atoms with van der Waals surface area (Å²) in [7, 11) is 0. The van der Waals surface area contributed by atoms with E-state index in [-0.39, 0.29) is 24.1 Å². The summed E-state index contributed by atoms with van der Waals surface area (Å²) < 4.78 is 13.2. The molecule has 15 heavy (non-hydrogen) atoms. The van der Waals surface area contributed by atoms with Crippen LogP contribution in [0.25, 0.3) is 0 Å². The minimum atomic E-state index is -0.510. The van der Waals surface area contributed by atoms with Crippen LogP contribution in [-0.4, -0.2) is 17.8 Å². The molecule has 0 saturated heterocycles. The Balaban J connectivity index is 2.15. The van der Waals surface area contributed by atoms with Crippen LogP contribution in [0.3, 0.4) is 0 Å². The molecule has 1 aromatic carbocycles. The Bertz CT molecular complexity index is 414. The number of hydrogen-bond donors (Lipinski definition) is 2. The highest BCUT2D eigenvalue weighted by Gasteiger charge is 2.36. The van der Waals surface area contributed by atoms with Gasteiger partial charge >= 0.3 is 0 Å². The topological polar surface area (TPSA) is 56.0 Å². The fraction of sp³-hybridized carbons (Fsp3) is 0.364. The van der Waals surface area contributed by atoms with Gasteiger partial charge in [0.1, 0.15) is 17.4 Å². The van der Waals surface area contributed by atoms with Crippen molar-refractivity contribution >= 4 is 5.69 Å². The zero-order chi connectivity index (χ0) is 10.8. The van der Waals surface area contributed by atoms with Crippen LogP contribution in [0, 0.1) is 23.1 Å². The first-order chi connectivity index (χ1) is 7.26. The molecule has 0 spiro atoms. The minimum Gasteiger partial charge on any atom is -0.396 e. The molecule has 0 bridgehead atoms. The van der Waals surface area contributed by atoms with Crippen molar-refractivity contribution in [2.24, 2.45) is 5.92 Å². The van der Waals surface area contributed by atoms with Gasteiger partial charge in [0.25, 0.3) is 0 Å². The second-order valence-corrected chi connectivity index (χ2v) is 3.70. The Morgan fingerprint density at radius 2 is 2.40 bits per heavy atom. The molecule has 1 saturated carbocycles. The molecule has 0 amide bonds. The number of hydrogen-bond acceptors (Lipinski definition) is 3. The summed E-state index contributed by atoms with van der Waals surface area (Å²) in [4.78, 5) is 0. The molecule has 0 aromatic heterocycles. The summed E-state index contributed by atoms with van der Waals surface area (Å²) in [6.07, 6.45) is 0.873. The van der Waals surface area contributed by atoms with Crippen LogP contribution in [0.1, 0.15) is 12.0 Å². The summed E-state index contributed by atoms with van der Waals surface area (Å²) in [5.41, 5.74) is 0.555. The molecule has 2 atom stereocenters. The highest BCUT2D eigenvalue weighted by Crippen LogP contribution is 2.34. The van der Waals surface area contributed by atoms with E-state index in [0.29, 0.717) is 5.69 Å². The highest BCUT2D eigenvalue weighted by atomic mass is 19.1. The van der Waals surface area contributed by atoms with Crippen molar-refractivity contribution in [3.8, 4) is 6.07 Å². The smallest absolute Gasteiger partial charge is 0.143 e. The minimum absolute atomic E-state index is 0.0427. The summed E-state index contributed by atoms with van der Waals surface area (Å²) in [6, 6.07) is 6.50. The van der Waals surface area contributed by atoms with E-state index >= 15 is 0 Å². The fourth-order valence-corrected chi connectivity index (χ4v) is 1.58. The predicted octanol–water partition coefficient (Wildman–Crippen LogP) is 1.49. The Morgan fingerprint density at radius 3 is 3.00 bits per heavy atom. The van der Waals surface area contributed by atoms with Gasteiger partial charge in [0.2, 0.25) is 0 Å². The van der Waals surface area contributed by atoms with Crippen LogP contribution in [0.4, 0.5) is 10.1 Å². The van der Waals surface area contributed by atoms with E-state index in [4.69, 9.17) is 10.4 Å². The van der Waals surface area contributed by atoms with Crippen molar-refractivity contribution < 1.29 is 9.50 Å². The Morgan fingerprint density at radius 1 is 1.60 bits per heavy atom. The third-order valence-electron chi connectivity index (χ3n) is 2.62. The predicted molar refractivity (Wildman–Crippen MR) is 53.7 cm³/mol. The van der Waals surface area contributed by atoms with Crippen LogP contribution in [0.2, 0.25) is 0 Å². The average molecular weight is 206 g/mol. The van der Waals surface area contributed by atoms with Crippen LogP contribution in [0.15, 0.2) is 18.2 Å². The molecule has 3 nitrogen and oxygen atoms in total. The van der Waals surface area contributed by atoms with Gasteiger partial charge in [-0.2, -0.15) is 5.26 Å². The zero-order valence-corrected chi connectivity index (χ0v) is 8.07. The molecule has 0 heterocycles. The summed E-state index contributed by atoms with van der Waals surface area (Å²) >= 11 is 0. The van der Waals surface area contributed by atoms with Gasteiger partial charge in [0.15, 0.2) is 0 Å². The number of rotatable bonds is 3. The lowest BCUT2D eigenvalue weighted by Crippen LogP contribution is -2.08. The molecule has 0 unspecified atom stereocenters. The summed E-state index contributed by atoms with van der Waals surface area (Å²) in [5.74, 6) is -0.275. The normalized spacial score (nSPS) is 23.3. The second kappa shape index (κ2) is 3.87. The van der Waals surface area contributed by atoms with E-state index in [1.54, 1.807) is 12.1 Å². The molecule has 1 fully saturated rings. The number of benzene rings is 1. The highest BCUT2D eigenvalue weighted by molar-refractivity contribution is 5.59. The number of nitriles is 1. The molecule has 78 valence electrons. The Hall–Kier alpha value is -1.60. The van der Waals surface area contributed by atoms with Crippen LogP contribution < -0.4 is 5.32 Å². The van der Waals surface area contributed by atoms with Crippen molar-refractivity contribution in [1.29, 1.82) is 5.26 Å². The molecule has 1 aliphatic carbocycles. The fourth-order valence-electron chi connectivity index (χ4n) is 1.58. The van der Waals surface area contributed by atoms with Gasteiger partial charge in [-0.25, -0.2) is 4.39 Å². The molecular weight excluding hydrogens is 195 g/mol. The van der Waals surface area contributed by atoms with E-state index in [1.165, 1.54) is 6.07 Å². The number of halogens is 1. The maximum atomic E-state index is 13.2. The molecule has 0 radical (unpaired) electrons. The number of anilines is 1. The van der Waals surface area contributed by atoms with Gasteiger partial charge < -0.3 is 10.4 Å². The third-order valence-corrected chi connectivity index (χ3v) is 2.62. The van der Waals surface area contributed by atoms with Gasteiger partial charge in [-0.15, -0.1) is 0 Å². The maximum Gasteiger partial charge on any atom is 0.143 e. The van der Waals surface area contributed by atoms with Crippen molar-refractivity contribution in [2.45, 2.75) is 12.5 Å². The zero-order valence-electron chi connectivity index (χ0n) is 8.07. The number of aliphatic hydroxyl groups is 1. The summed E-state index contributed by atoms with van der Waals surface area (Å²) in [6.45, 7) is 0.134. The van der Waals surface area contributed by atoms with Crippen LogP contribution >= 0.6 is 0 Å². The quantitative estimate of drug-likeness (QED) is 0.787. The van der Waals surface area contributed by atoms with Crippen molar-refractivity contribution in [2.75, 3.05) is 11.9 Å². The monoisotopic (exact) mass is 206 g/mol. The lowest BCUT2D eigenvalue weighted by atomic mass is 10.2. The Labute approximate surface area is 87.2 Å². The van der Waals surface area contributed by atoms with Gasteiger partial charge in [-0.3, -0.25) is 0 Å². The lowest BCUT2D eigenvalue weighted by molar-refractivity contribution is 0.275. The second-order valence-electron chi connectivity index (χ2n) is 3.70. The van der Waals surface area contributed by atoms with Gasteiger partial charge in [0, 0.05) is 18.6 Å². The number of nitrogens with zero attached hydrogens (tertiary/aromatic N) is 1. The van der Waals surface area contributed by atoms with E-state index in [0.717, 1.165) is 6.42 Å². The van der Waals surface area contributed by atoms with Crippen molar-refractivity contribution in [3.63, 3.8) is 0 Å². The van der Waals surface area contributed by atoms with E-state index in [1.807, 2.05) is 6.07 Å². The molecule has 1 aromatic rings. The van der Waals surface area contributed by atoms with Gasteiger partial charge in [-0.1, -0.05) is 6.07 Å². The molecule has 2 N–H and O–H groups in total. The molecule has 1 aliphatic rings. The number of nitrogens with one attached hydrogen (secondary N) is 1. The van der Waals surface area contributed by atoms with Crippen molar-refractivity contribution in [1.82, 2.24) is 0 Å². The first-order valence-electron chi connectivity index (χ1n) is 4.82. The van der Waals surface area contributed by atoms with Gasteiger partial charge in [0.05, 0.1) is 5.69 Å². The molecular formula is C11H11FN2O. The number of aliphatic hydroxyl groups excluding tert-OH is 1. The maximum absolute atomic E-state index is 13.2. The van der Waals surface area contributed by atoms with Crippen LogP contribution in [0.5, 0.6) is 0 Å². The first kappa shape index (κ1) is 9.94. The lowest BCUT2D eigenvalue weighted by Gasteiger charge is -2.07. The molecule has 0 aliphatic heterocycles. The standard InChI is InChI=1S/C11H11FN2O/c12-9-2-1-3-10(8(9)5-13)14-11-4-7(11)6-15/h1-3,7,11,14-15H,4,6H2/t7-,11+/m0/s1. The largest absolute Gasteiger partial charge is 0.396 e. The molecule has 2 rings (SSSR count). The average Bonchev–Trinajstić information content (AvgIpc) is 2.97. The van der Waals surface area contributed by atoms with Crippen molar-refractivity contribution in [3.05, 3.63) is 29.6 Å². The Kier molecular flexibility index (Phi) is 2.57. The molecule has 4 heteroatoms. The SMILES string of the molecule is N#Cc1c(F)cccc1N[C@@H]1C[C@H]1CO. The first-order valence-corrected chi connectivity index (χ1v) is 4.82. The van der Waals surface area contributed by atoms with E-state index in [9.17, 15) is 4.39 Å². The van der Waals surface area contributed by atoms with Crippen LogP contribution in [-0.2, 0) is 0 Å². The third kappa shape index (κ3) is 1.92. The van der Waals surface area contributed by atoms with E-state index in [2.05, 4.69) is 5.32 Å². The van der Waals surface area contributed by atoms with E-state index < -0.39 is 5.82 Å².